The molecule has 2 N–H and O–H groups in total. The van der Waals surface area contributed by atoms with Crippen LogP contribution in [0.2, 0.25) is 0 Å². The molecule has 0 aromatic heterocycles. The third kappa shape index (κ3) is 15.9. The maximum atomic E-state index is 12.7. The Morgan fingerprint density at radius 3 is 1.97 bits per heavy atom. The lowest BCUT2D eigenvalue weighted by Crippen LogP contribution is -2.59. The van der Waals surface area contributed by atoms with Crippen LogP contribution in [0.3, 0.4) is 0 Å². The highest BCUT2D eigenvalue weighted by Gasteiger charge is 2.34. The SMILES string of the molecule is CCCCCCCCCCCCCCCCNCC(=O)N1CCNC(=O)C1CC(=O)OCCCC. The molecule has 35 heavy (non-hydrogen) atoms. The average molecular weight is 496 g/mol. The zero-order chi connectivity index (χ0) is 25.6. The number of hydrogen-bond acceptors (Lipinski definition) is 5. The zero-order valence-corrected chi connectivity index (χ0v) is 22.7. The van der Waals surface area contributed by atoms with E-state index in [1.807, 2.05) is 6.92 Å². The molecule has 1 aliphatic rings. The summed E-state index contributed by atoms with van der Waals surface area (Å²) < 4.78 is 5.18. The van der Waals surface area contributed by atoms with Gasteiger partial charge in [-0.2, -0.15) is 0 Å². The summed E-state index contributed by atoms with van der Waals surface area (Å²) in [6, 6.07) is -0.770. The van der Waals surface area contributed by atoms with Crippen LogP contribution in [0.4, 0.5) is 0 Å². The fraction of sp³-hybridized carbons (Fsp3) is 0.893. The molecular weight excluding hydrogens is 442 g/mol. The largest absolute Gasteiger partial charge is 0.466 e. The maximum Gasteiger partial charge on any atom is 0.308 e. The molecule has 1 unspecified atom stereocenters. The minimum absolute atomic E-state index is 0.0831. The summed E-state index contributed by atoms with van der Waals surface area (Å²) in [6.45, 7) is 6.50. The van der Waals surface area contributed by atoms with Crippen molar-refractivity contribution < 1.29 is 19.1 Å². The van der Waals surface area contributed by atoms with Gasteiger partial charge < -0.3 is 20.3 Å². The first-order valence-electron chi connectivity index (χ1n) is 14.5. The molecule has 0 radical (unpaired) electrons. The number of carbonyl (C=O) groups is 3. The standard InChI is InChI=1S/C28H53N3O4/c1-3-5-7-8-9-10-11-12-13-14-15-16-17-18-19-29-24-26(32)31-21-20-30-28(34)25(31)23-27(33)35-22-6-4-2/h25,29H,3-24H2,1-2H3,(H,30,34). The summed E-state index contributed by atoms with van der Waals surface area (Å²) >= 11 is 0. The first-order chi connectivity index (χ1) is 17.1. The first kappa shape index (κ1) is 31.4. The van der Waals surface area contributed by atoms with Gasteiger partial charge in [0.25, 0.3) is 0 Å². The van der Waals surface area contributed by atoms with Gasteiger partial charge in [-0.3, -0.25) is 14.4 Å². The van der Waals surface area contributed by atoms with Crippen molar-refractivity contribution in [2.75, 3.05) is 32.8 Å². The Morgan fingerprint density at radius 2 is 1.40 bits per heavy atom. The fourth-order valence-electron chi connectivity index (χ4n) is 4.50. The molecular formula is C28H53N3O4. The van der Waals surface area contributed by atoms with Crippen molar-refractivity contribution in [3.8, 4) is 0 Å². The van der Waals surface area contributed by atoms with Crippen LogP contribution < -0.4 is 10.6 Å². The lowest BCUT2D eigenvalue weighted by Gasteiger charge is -2.34. The molecule has 7 nitrogen and oxygen atoms in total. The minimum atomic E-state index is -0.770. The van der Waals surface area contributed by atoms with Crippen molar-refractivity contribution in [3.63, 3.8) is 0 Å². The second-order valence-electron chi connectivity index (χ2n) is 9.95. The molecule has 1 aliphatic heterocycles. The molecule has 1 rings (SSSR count). The Labute approximate surface area is 214 Å². The quantitative estimate of drug-likeness (QED) is 0.161. The fourth-order valence-corrected chi connectivity index (χ4v) is 4.50. The third-order valence-electron chi connectivity index (χ3n) is 6.76. The van der Waals surface area contributed by atoms with E-state index in [2.05, 4.69) is 17.6 Å². The zero-order valence-electron chi connectivity index (χ0n) is 22.7. The molecule has 0 aromatic rings. The van der Waals surface area contributed by atoms with Crippen molar-refractivity contribution in [3.05, 3.63) is 0 Å². The number of nitrogens with zero attached hydrogens (tertiary/aromatic N) is 1. The maximum absolute atomic E-state index is 12.7. The number of piperazine rings is 1. The monoisotopic (exact) mass is 495 g/mol. The number of unbranched alkanes of at least 4 members (excludes halogenated alkanes) is 14. The number of hydrogen-bond donors (Lipinski definition) is 2. The molecule has 0 spiro atoms. The van der Waals surface area contributed by atoms with E-state index in [1.54, 1.807) is 0 Å². The second kappa shape index (κ2) is 21.6. The molecule has 0 bridgehead atoms. The predicted molar refractivity (Wildman–Crippen MR) is 142 cm³/mol. The highest BCUT2D eigenvalue weighted by atomic mass is 16.5. The number of nitrogens with one attached hydrogen (secondary N) is 2. The summed E-state index contributed by atoms with van der Waals surface area (Å²) in [4.78, 5) is 38.5. The van der Waals surface area contributed by atoms with Gasteiger partial charge in [0.05, 0.1) is 19.6 Å². The van der Waals surface area contributed by atoms with Gasteiger partial charge in [0, 0.05) is 13.1 Å². The first-order valence-corrected chi connectivity index (χ1v) is 14.5. The van der Waals surface area contributed by atoms with Crippen molar-refractivity contribution in [2.45, 2.75) is 129 Å². The number of ether oxygens (including phenoxy) is 1. The van der Waals surface area contributed by atoms with Gasteiger partial charge in [-0.05, 0) is 19.4 Å². The Hall–Kier alpha value is -1.63. The molecule has 2 amide bonds. The Kier molecular flexibility index (Phi) is 19.4. The molecule has 7 heteroatoms. The second-order valence-corrected chi connectivity index (χ2v) is 9.95. The number of rotatable bonds is 22. The van der Waals surface area contributed by atoms with Crippen molar-refractivity contribution >= 4 is 17.8 Å². The molecule has 1 saturated heterocycles. The number of carbonyl (C=O) groups excluding carboxylic acids is 3. The number of amides is 2. The van der Waals surface area contributed by atoms with Gasteiger partial charge in [-0.1, -0.05) is 104 Å². The molecule has 1 heterocycles. The Bertz CT molecular complexity index is 570. The van der Waals surface area contributed by atoms with Gasteiger partial charge >= 0.3 is 5.97 Å². The van der Waals surface area contributed by atoms with E-state index in [1.165, 1.54) is 88.4 Å². The summed E-state index contributed by atoms with van der Waals surface area (Å²) in [7, 11) is 0. The van der Waals surface area contributed by atoms with Crippen LogP contribution in [0.1, 0.15) is 123 Å². The van der Waals surface area contributed by atoms with Gasteiger partial charge in [-0.25, -0.2) is 0 Å². The predicted octanol–water partition coefficient (Wildman–Crippen LogP) is 5.12. The van der Waals surface area contributed by atoms with Gasteiger partial charge in [0.2, 0.25) is 11.8 Å². The van der Waals surface area contributed by atoms with Crippen LogP contribution in [0, 0.1) is 0 Å². The van der Waals surface area contributed by atoms with Gasteiger partial charge in [0.15, 0.2) is 0 Å². The van der Waals surface area contributed by atoms with Crippen LogP contribution in [0.5, 0.6) is 0 Å². The van der Waals surface area contributed by atoms with E-state index >= 15 is 0 Å². The summed E-state index contributed by atoms with van der Waals surface area (Å²) in [5, 5.41) is 5.97. The minimum Gasteiger partial charge on any atom is -0.466 e. The molecule has 1 fully saturated rings. The topological polar surface area (TPSA) is 87.7 Å². The van der Waals surface area contributed by atoms with E-state index < -0.39 is 12.0 Å². The summed E-state index contributed by atoms with van der Waals surface area (Å²) in [5.74, 6) is -0.825. The van der Waals surface area contributed by atoms with E-state index in [0.29, 0.717) is 19.7 Å². The summed E-state index contributed by atoms with van der Waals surface area (Å²) in [6.07, 6.45) is 20.2. The van der Waals surface area contributed by atoms with E-state index in [4.69, 9.17) is 4.74 Å². The van der Waals surface area contributed by atoms with Crippen LogP contribution in [0.25, 0.3) is 0 Å². The van der Waals surface area contributed by atoms with Crippen molar-refractivity contribution in [1.29, 1.82) is 0 Å². The van der Waals surface area contributed by atoms with Crippen LogP contribution >= 0.6 is 0 Å². The average Bonchev–Trinajstić information content (AvgIpc) is 2.85. The highest BCUT2D eigenvalue weighted by molar-refractivity contribution is 5.92. The molecule has 204 valence electrons. The molecule has 0 saturated carbocycles. The lowest BCUT2D eigenvalue weighted by atomic mass is 10.0. The highest BCUT2D eigenvalue weighted by Crippen LogP contribution is 2.13. The van der Waals surface area contributed by atoms with Crippen LogP contribution in [-0.4, -0.2) is 61.5 Å². The Morgan fingerprint density at radius 1 is 0.857 bits per heavy atom. The van der Waals surface area contributed by atoms with Crippen LogP contribution in [-0.2, 0) is 19.1 Å². The van der Waals surface area contributed by atoms with Crippen molar-refractivity contribution in [1.82, 2.24) is 15.5 Å². The van der Waals surface area contributed by atoms with Gasteiger partial charge in [0.1, 0.15) is 6.04 Å². The Balaban J connectivity index is 2.05. The van der Waals surface area contributed by atoms with Crippen molar-refractivity contribution in [2.24, 2.45) is 0 Å². The molecule has 0 aromatic carbocycles. The third-order valence-corrected chi connectivity index (χ3v) is 6.76. The molecule has 0 aliphatic carbocycles. The lowest BCUT2D eigenvalue weighted by molar-refractivity contribution is -0.151. The smallest absolute Gasteiger partial charge is 0.308 e. The van der Waals surface area contributed by atoms with E-state index in [-0.39, 0.29) is 24.8 Å². The normalized spacial score (nSPS) is 15.8. The van der Waals surface area contributed by atoms with Crippen LogP contribution in [0.15, 0.2) is 0 Å². The van der Waals surface area contributed by atoms with E-state index in [9.17, 15) is 14.4 Å². The summed E-state index contributed by atoms with van der Waals surface area (Å²) in [5.41, 5.74) is 0. The van der Waals surface area contributed by atoms with Gasteiger partial charge in [-0.15, -0.1) is 0 Å². The number of esters is 1. The molecule has 1 atom stereocenters. The van der Waals surface area contributed by atoms with E-state index in [0.717, 1.165) is 25.8 Å².